The van der Waals surface area contributed by atoms with Gasteiger partial charge in [-0.25, -0.2) is 0 Å². The van der Waals surface area contributed by atoms with E-state index in [1.807, 2.05) is 35.1 Å². The van der Waals surface area contributed by atoms with E-state index in [0.29, 0.717) is 6.61 Å². The SMILES string of the molecule is Cc1ccc(OCCCn2nccc2-c2ccncc2)cc1C. The van der Waals surface area contributed by atoms with Crippen molar-refractivity contribution in [2.75, 3.05) is 6.61 Å². The van der Waals surface area contributed by atoms with Crippen molar-refractivity contribution >= 4 is 0 Å². The van der Waals surface area contributed by atoms with Gasteiger partial charge in [-0.2, -0.15) is 5.10 Å². The number of nitrogens with zero attached hydrogens (tertiary/aromatic N) is 3. The molecule has 0 aliphatic carbocycles. The lowest BCUT2D eigenvalue weighted by Gasteiger charge is -2.10. The van der Waals surface area contributed by atoms with Gasteiger partial charge in [0.25, 0.3) is 0 Å². The number of hydrogen-bond acceptors (Lipinski definition) is 3. The van der Waals surface area contributed by atoms with Crippen molar-refractivity contribution in [3.63, 3.8) is 0 Å². The number of aromatic nitrogens is 3. The summed E-state index contributed by atoms with van der Waals surface area (Å²) in [5, 5.41) is 4.40. The summed E-state index contributed by atoms with van der Waals surface area (Å²) in [7, 11) is 0. The van der Waals surface area contributed by atoms with Gasteiger partial charge in [-0.05, 0) is 55.3 Å². The van der Waals surface area contributed by atoms with E-state index in [9.17, 15) is 0 Å². The fraction of sp³-hybridized carbons (Fsp3) is 0.263. The van der Waals surface area contributed by atoms with Crippen LogP contribution in [0.25, 0.3) is 11.3 Å². The Hall–Kier alpha value is -2.62. The highest BCUT2D eigenvalue weighted by atomic mass is 16.5. The van der Waals surface area contributed by atoms with Gasteiger partial charge in [0.15, 0.2) is 0 Å². The highest BCUT2D eigenvalue weighted by Gasteiger charge is 2.05. The van der Waals surface area contributed by atoms with Crippen molar-refractivity contribution in [2.45, 2.75) is 26.8 Å². The lowest BCUT2D eigenvalue weighted by atomic mass is 10.1. The second-order valence-electron chi connectivity index (χ2n) is 5.62. The molecule has 0 unspecified atom stereocenters. The molecule has 0 fully saturated rings. The highest BCUT2D eigenvalue weighted by Crippen LogP contribution is 2.19. The average molecular weight is 307 g/mol. The molecule has 23 heavy (non-hydrogen) atoms. The van der Waals surface area contributed by atoms with E-state index >= 15 is 0 Å². The predicted octanol–water partition coefficient (Wildman–Crippen LogP) is 4.03. The fourth-order valence-corrected chi connectivity index (χ4v) is 2.49. The summed E-state index contributed by atoms with van der Waals surface area (Å²) in [6, 6.07) is 12.2. The summed E-state index contributed by atoms with van der Waals surface area (Å²) in [4.78, 5) is 4.06. The summed E-state index contributed by atoms with van der Waals surface area (Å²) in [6.45, 7) is 5.72. The standard InChI is InChI=1S/C19H21N3O/c1-15-4-5-18(14-16(15)2)23-13-3-12-22-19(8-11-21-22)17-6-9-20-10-7-17/h4-11,14H,3,12-13H2,1-2H3. The van der Waals surface area contributed by atoms with E-state index in [1.54, 1.807) is 12.4 Å². The Morgan fingerprint density at radius 3 is 2.57 bits per heavy atom. The maximum atomic E-state index is 5.83. The van der Waals surface area contributed by atoms with Gasteiger partial charge in [-0.1, -0.05) is 6.07 Å². The minimum absolute atomic E-state index is 0.679. The first-order valence-corrected chi connectivity index (χ1v) is 7.86. The predicted molar refractivity (Wildman–Crippen MR) is 91.5 cm³/mol. The molecule has 1 aromatic carbocycles. The minimum atomic E-state index is 0.679. The molecule has 0 amide bonds. The normalized spacial score (nSPS) is 10.7. The first kappa shape index (κ1) is 15.3. The molecule has 0 saturated heterocycles. The van der Waals surface area contributed by atoms with E-state index in [4.69, 9.17) is 4.74 Å². The third-order valence-electron chi connectivity index (χ3n) is 3.95. The average Bonchev–Trinajstić information content (AvgIpc) is 3.04. The number of rotatable bonds is 6. The van der Waals surface area contributed by atoms with Crippen LogP contribution in [0.15, 0.2) is 55.0 Å². The molecule has 0 aliphatic rings. The Kier molecular flexibility index (Phi) is 4.71. The van der Waals surface area contributed by atoms with Crippen molar-refractivity contribution in [3.05, 3.63) is 66.1 Å². The van der Waals surface area contributed by atoms with E-state index in [2.05, 4.69) is 36.1 Å². The maximum Gasteiger partial charge on any atom is 0.119 e. The molecule has 4 nitrogen and oxygen atoms in total. The molecule has 2 aromatic heterocycles. The number of hydrogen-bond donors (Lipinski definition) is 0. The van der Waals surface area contributed by atoms with Gasteiger partial charge in [0.05, 0.1) is 12.3 Å². The van der Waals surface area contributed by atoms with Crippen LogP contribution in [0.1, 0.15) is 17.5 Å². The molecule has 3 rings (SSSR count). The van der Waals surface area contributed by atoms with Gasteiger partial charge in [-0.15, -0.1) is 0 Å². The molecule has 4 heteroatoms. The molecule has 0 spiro atoms. The summed E-state index contributed by atoms with van der Waals surface area (Å²) < 4.78 is 7.85. The third kappa shape index (κ3) is 3.77. The van der Waals surface area contributed by atoms with Gasteiger partial charge >= 0.3 is 0 Å². The largest absolute Gasteiger partial charge is 0.494 e. The fourth-order valence-electron chi connectivity index (χ4n) is 2.49. The Labute approximate surface area is 136 Å². The smallest absolute Gasteiger partial charge is 0.119 e. The summed E-state index contributed by atoms with van der Waals surface area (Å²) in [5.74, 6) is 0.933. The molecular formula is C19H21N3O. The van der Waals surface area contributed by atoms with E-state index in [-0.39, 0.29) is 0 Å². The first-order chi connectivity index (χ1) is 11.2. The van der Waals surface area contributed by atoms with Crippen LogP contribution in [0.4, 0.5) is 0 Å². The van der Waals surface area contributed by atoms with Crippen molar-refractivity contribution in [1.29, 1.82) is 0 Å². The summed E-state index contributed by atoms with van der Waals surface area (Å²) >= 11 is 0. The number of ether oxygens (including phenoxy) is 1. The molecule has 2 heterocycles. The number of benzene rings is 1. The van der Waals surface area contributed by atoms with Crippen LogP contribution in [0.2, 0.25) is 0 Å². The molecule has 0 bridgehead atoms. The molecule has 3 aromatic rings. The Balaban J connectivity index is 1.55. The van der Waals surface area contributed by atoms with Crippen LogP contribution in [0, 0.1) is 13.8 Å². The zero-order valence-corrected chi connectivity index (χ0v) is 13.6. The lowest BCUT2D eigenvalue weighted by Crippen LogP contribution is -2.07. The van der Waals surface area contributed by atoms with E-state index in [0.717, 1.165) is 30.0 Å². The lowest BCUT2D eigenvalue weighted by molar-refractivity contribution is 0.299. The summed E-state index contributed by atoms with van der Waals surface area (Å²) in [5.41, 5.74) is 4.79. The third-order valence-corrected chi connectivity index (χ3v) is 3.95. The van der Waals surface area contributed by atoms with Crippen molar-refractivity contribution in [3.8, 4) is 17.0 Å². The van der Waals surface area contributed by atoms with Crippen LogP contribution in [0.5, 0.6) is 5.75 Å². The zero-order chi connectivity index (χ0) is 16.1. The second kappa shape index (κ2) is 7.09. The van der Waals surface area contributed by atoms with Crippen molar-refractivity contribution in [1.82, 2.24) is 14.8 Å². The molecule has 0 N–H and O–H groups in total. The number of pyridine rings is 1. The molecule has 118 valence electrons. The van der Waals surface area contributed by atoms with Gasteiger partial charge in [-0.3, -0.25) is 9.67 Å². The monoisotopic (exact) mass is 307 g/mol. The van der Waals surface area contributed by atoms with Crippen LogP contribution >= 0.6 is 0 Å². The van der Waals surface area contributed by atoms with Crippen LogP contribution in [-0.2, 0) is 6.54 Å². The summed E-state index contributed by atoms with van der Waals surface area (Å²) in [6.07, 6.45) is 6.34. The van der Waals surface area contributed by atoms with E-state index < -0.39 is 0 Å². The van der Waals surface area contributed by atoms with Gasteiger partial charge in [0.2, 0.25) is 0 Å². The molecule has 0 aliphatic heterocycles. The van der Waals surface area contributed by atoms with Gasteiger partial charge in [0.1, 0.15) is 5.75 Å². The van der Waals surface area contributed by atoms with Gasteiger partial charge in [0, 0.05) is 37.1 Å². The van der Waals surface area contributed by atoms with Gasteiger partial charge < -0.3 is 4.74 Å². The molecule has 0 radical (unpaired) electrons. The highest BCUT2D eigenvalue weighted by molar-refractivity contribution is 5.58. The van der Waals surface area contributed by atoms with Crippen molar-refractivity contribution < 1.29 is 4.74 Å². The maximum absolute atomic E-state index is 5.83. The van der Waals surface area contributed by atoms with Crippen LogP contribution in [-0.4, -0.2) is 21.4 Å². The minimum Gasteiger partial charge on any atom is -0.494 e. The Morgan fingerprint density at radius 2 is 1.78 bits per heavy atom. The first-order valence-electron chi connectivity index (χ1n) is 7.86. The molecule has 0 saturated carbocycles. The zero-order valence-electron chi connectivity index (χ0n) is 13.6. The van der Waals surface area contributed by atoms with E-state index in [1.165, 1.54) is 11.1 Å². The second-order valence-corrected chi connectivity index (χ2v) is 5.62. The molecule has 0 atom stereocenters. The Bertz CT molecular complexity index is 765. The number of aryl methyl sites for hydroxylation is 3. The van der Waals surface area contributed by atoms with Crippen LogP contribution < -0.4 is 4.74 Å². The quantitative estimate of drug-likeness (QED) is 0.645. The van der Waals surface area contributed by atoms with Crippen LogP contribution in [0.3, 0.4) is 0 Å². The molecular weight excluding hydrogens is 286 g/mol. The topological polar surface area (TPSA) is 39.9 Å². The van der Waals surface area contributed by atoms with Crippen molar-refractivity contribution in [2.24, 2.45) is 0 Å². The Morgan fingerprint density at radius 1 is 0.957 bits per heavy atom.